The number of rotatable bonds is 5. The van der Waals surface area contributed by atoms with E-state index >= 15 is 0 Å². The first-order valence-electron chi connectivity index (χ1n) is 7.55. The number of methoxy groups -OCH3 is 1. The van der Waals surface area contributed by atoms with Crippen molar-refractivity contribution in [2.24, 2.45) is 0 Å². The van der Waals surface area contributed by atoms with E-state index in [1.807, 2.05) is 6.07 Å². The first kappa shape index (κ1) is 15.9. The molecule has 0 aliphatic heterocycles. The zero-order valence-corrected chi connectivity index (χ0v) is 14.5. The quantitative estimate of drug-likeness (QED) is 0.809. The van der Waals surface area contributed by atoms with Crippen molar-refractivity contribution in [3.63, 3.8) is 0 Å². The van der Waals surface area contributed by atoms with Gasteiger partial charge in [0.25, 0.3) is 0 Å². The number of halogens is 1. The van der Waals surface area contributed by atoms with Crippen LogP contribution in [0.25, 0.3) is 0 Å². The fourth-order valence-electron chi connectivity index (χ4n) is 2.89. The van der Waals surface area contributed by atoms with E-state index in [1.54, 1.807) is 12.1 Å². The first-order valence-corrected chi connectivity index (χ1v) is 8.34. The lowest BCUT2D eigenvalue weighted by Gasteiger charge is -2.42. The van der Waals surface area contributed by atoms with E-state index in [0.717, 1.165) is 23.9 Å². The molecule has 0 atom stereocenters. The van der Waals surface area contributed by atoms with Gasteiger partial charge in [0.05, 0.1) is 7.11 Å². The van der Waals surface area contributed by atoms with Crippen LogP contribution >= 0.6 is 15.9 Å². The molecule has 1 fully saturated rings. The molecule has 1 aliphatic carbocycles. The van der Waals surface area contributed by atoms with Gasteiger partial charge in [-0.25, -0.2) is 4.79 Å². The summed E-state index contributed by atoms with van der Waals surface area (Å²) in [5, 5.41) is 11.3. The van der Waals surface area contributed by atoms with Gasteiger partial charge in [0.15, 0.2) is 5.69 Å². The van der Waals surface area contributed by atoms with Crippen molar-refractivity contribution in [3.8, 4) is 0 Å². The van der Waals surface area contributed by atoms with Gasteiger partial charge in [-0.15, -0.1) is 10.2 Å². The zero-order chi connectivity index (χ0) is 16.3. The highest BCUT2D eigenvalue weighted by molar-refractivity contribution is 9.10. The number of carbonyl (C=O) groups excluding carboxylic acids is 1. The molecule has 5 nitrogen and oxygen atoms in total. The molecule has 1 aliphatic rings. The minimum atomic E-state index is -0.478. The largest absolute Gasteiger partial charge is 0.464 e. The van der Waals surface area contributed by atoms with Crippen molar-refractivity contribution in [2.45, 2.75) is 24.7 Å². The third-order valence-electron chi connectivity index (χ3n) is 4.41. The molecule has 1 aromatic carbocycles. The van der Waals surface area contributed by atoms with Crippen LogP contribution in [0, 0.1) is 0 Å². The SMILES string of the molecule is COC(=O)c1ccc(NCC2(c3cccc(Br)c3)CCC2)nn1. The second-order valence-corrected chi connectivity index (χ2v) is 6.71. The molecule has 120 valence electrons. The average Bonchev–Trinajstić information content (AvgIpc) is 2.54. The molecule has 0 amide bonds. The number of nitrogens with one attached hydrogen (secondary N) is 1. The Morgan fingerprint density at radius 2 is 2.13 bits per heavy atom. The number of anilines is 1. The third-order valence-corrected chi connectivity index (χ3v) is 4.91. The van der Waals surface area contributed by atoms with Gasteiger partial charge < -0.3 is 10.1 Å². The van der Waals surface area contributed by atoms with Gasteiger partial charge >= 0.3 is 5.97 Å². The van der Waals surface area contributed by atoms with E-state index in [2.05, 4.69) is 54.4 Å². The zero-order valence-electron chi connectivity index (χ0n) is 12.9. The molecule has 1 heterocycles. The van der Waals surface area contributed by atoms with Crippen molar-refractivity contribution in [1.82, 2.24) is 10.2 Å². The number of hydrogen-bond acceptors (Lipinski definition) is 5. The minimum Gasteiger partial charge on any atom is -0.464 e. The van der Waals surface area contributed by atoms with Crippen LogP contribution in [0.15, 0.2) is 40.9 Å². The molecule has 1 aromatic heterocycles. The second-order valence-electron chi connectivity index (χ2n) is 5.79. The summed E-state index contributed by atoms with van der Waals surface area (Å²) in [4.78, 5) is 11.4. The normalized spacial score (nSPS) is 15.6. The van der Waals surface area contributed by atoms with E-state index in [0.29, 0.717) is 5.82 Å². The fourth-order valence-corrected chi connectivity index (χ4v) is 3.29. The number of carbonyl (C=O) groups is 1. The maximum absolute atomic E-state index is 11.4. The van der Waals surface area contributed by atoms with Crippen molar-refractivity contribution >= 4 is 27.7 Å². The van der Waals surface area contributed by atoms with Gasteiger partial charge in [-0.2, -0.15) is 0 Å². The fraction of sp³-hybridized carbons (Fsp3) is 0.353. The van der Waals surface area contributed by atoms with Crippen molar-refractivity contribution < 1.29 is 9.53 Å². The molecule has 3 rings (SSSR count). The number of aromatic nitrogens is 2. The second kappa shape index (κ2) is 6.66. The van der Waals surface area contributed by atoms with Crippen LogP contribution in [0.5, 0.6) is 0 Å². The molecule has 0 spiro atoms. The monoisotopic (exact) mass is 375 g/mol. The molecule has 0 bridgehead atoms. The maximum atomic E-state index is 11.4. The van der Waals surface area contributed by atoms with E-state index in [9.17, 15) is 4.79 Å². The summed E-state index contributed by atoms with van der Waals surface area (Å²) < 4.78 is 5.72. The van der Waals surface area contributed by atoms with Gasteiger partial charge in [0.1, 0.15) is 5.82 Å². The van der Waals surface area contributed by atoms with E-state index in [4.69, 9.17) is 0 Å². The Morgan fingerprint density at radius 1 is 1.30 bits per heavy atom. The Kier molecular flexibility index (Phi) is 4.61. The predicted molar refractivity (Wildman–Crippen MR) is 91.5 cm³/mol. The Balaban J connectivity index is 1.70. The first-order chi connectivity index (χ1) is 11.1. The van der Waals surface area contributed by atoms with Crippen LogP contribution < -0.4 is 5.32 Å². The number of benzene rings is 1. The molecule has 1 N–H and O–H groups in total. The Labute approximate surface area is 143 Å². The molecule has 0 radical (unpaired) electrons. The topological polar surface area (TPSA) is 64.1 Å². The van der Waals surface area contributed by atoms with Crippen LogP contribution in [0.4, 0.5) is 5.82 Å². The van der Waals surface area contributed by atoms with Gasteiger partial charge in [0.2, 0.25) is 0 Å². The highest BCUT2D eigenvalue weighted by atomic mass is 79.9. The summed E-state index contributed by atoms with van der Waals surface area (Å²) in [5.41, 5.74) is 1.69. The van der Waals surface area contributed by atoms with Gasteiger partial charge in [-0.05, 0) is 42.7 Å². The number of nitrogens with zero attached hydrogens (tertiary/aromatic N) is 2. The Bertz CT molecular complexity index is 699. The summed E-state index contributed by atoms with van der Waals surface area (Å²) in [7, 11) is 1.33. The van der Waals surface area contributed by atoms with E-state index < -0.39 is 5.97 Å². The highest BCUT2D eigenvalue weighted by Crippen LogP contribution is 2.44. The molecule has 0 saturated heterocycles. The molecular formula is C17H18BrN3O2. The van der Waals surface area contributed by atoms with Gasteiger partial charge in [-0.3, -0.25) is 0 Å². The van der Waals surface area contributed by atoms with Crippen LogP contribution in [0.1, 0.15) is 35.3 Å². The van der Waals surface area contributed by atoms with Crippen molar-refractivity contribution in [1.29, 1.82) is 0 Å². The molecule has 1 saturated carbocycles. The summed E-state index contributed by atoms with van der Waals surface area (Å²) >= 11 is 3.55. The lowest BCUT2D eigenvalue weighted by atomic mass is 9.64. The smallest absolute Gasteiger partial charge is 0.358 e. The van der Waals surface area contributed by atoms with Crippen LogP contribution in [0.2, 0.25) is 0 Å². The number of hydrogen-bond donors (Lipinski definition) is 1. The van der Waals surface area contributed by atoms with Crippen molar-refractivity contribution in [3.05, 3.63) is 52.1 Å². The maximum Gasteiger partial charge on any atom is 0.358 e. The van der Waals surface area contributed by atoms with Crippen LogP contribution in [-0.2, 0) is 10.2 Å². The van der Waals surface area contributed by atoms with Gasteiger partial charge in [-0.1, -0.05) is 34.5 Å². The summed E-state index contributed by atoms with van der Waals surface area (Å²) in [5.74, 6) is 0.188. The summed E-state index contributed by atoms with van der Waals surface area (Å²) in [6, 6.07) is 11.9. The Morgan fingerprint density at radius 3 is 2.70 bits per heavy atom. The van der Waals surface area contributed by atoms with Crippen LogP contribution in [-0.4, -0.2) is 29.8 Å². The van der Waals surface area contributed by atoms with Crippen molar-refractivity contribution in [2.75, 3.05) is 19.0 Å². The van der Waals surface area contributed by atoms with E-state index in [-0.39, 0.29) is 11.1 Å². The third kappa shape index (κ3) is 3.37. The molecule has 2 aromatic rings. The lowest BCUT2D eigenvalue weighted by molar-refractivity contribution is 0.0593. The lowest BCUT2D eigenvalue weighted by Crippen LogP contribution is -2.41. The summed E-state index contributed by atoms with van der Waals surface area (Å²) in [6.07, 6.45) is 3.55. The highest BCUT2D eigenvalue weighted by Gasteiger charge is 2.38. The standard InChI is InChI=1S/C17H18BrN3O2/c1-23-16(22)14-6-7-15(21-20-14)19-11-17(8-3-9-17)12-4-2-5-13(18)10-12/h2,4-7,10H,3,8-9,11H2,1H3,(H,19,21). The molecule has 23 heavy (non-hydrogen) atoms. The van der Waals surface area contributed by atoms with Crippen LogP contribution in [0.3, 0.4) is 0 Å². The minimum absolute atomic E-state index is 0.145. The van der Waals surface area contributed by atoms with Gasteiger partial charge in [0, 0.05) is 16.4 Å². The molecule has 0 unspecified atom stereocenters. The number of esters is 1. The Hall–Kier alpha value is -1.95. The van der Waals surface area contributed by atoms with E-state index in [1.165, 1.54) is 19.1 Å². The molecule has 6 heteroatoms. The number of ether oxygens (including phenoxy) is 1. The predicted octanol–water partition coefficient (Wildman–Crippen LogP) is 3.56. The molecular weight excluding hydrogens is 358 g/mol. The average molecular weight is 376 g/mol. The summed E-state index contributed by atoms with van der Waals surface area (Å²) in [6.45, 7) is 0.801.